The summed E-state index contributed by atoms with van der Waals surface area (Å²) in [5.41, 5.74) is 1.65. The largest absolute Gasteiger partial charge is 0.474 e. The van der Waals surface area contributed by atoms with E-state index < -0.39 is 0 Å². The maximum atomic E-state index is 5.78. The van der Waals surface area contributed by atoms with Crippen LogP contribution in [0.2, 0.25) is 0 Å². The van der Waals surface area contributed by atoms with Gasteiger partial charge in [0.2, 0.25) is 5.88 Å². The third-order valence-corrected chi connectivity index (χ3v) is 3.41. The highest BCUT2D eigenvalue weighted by Gasteiger charge is 2.13. The molecule has 3 aromatic heterocycles. The standard InChI is InChI=1S/C14H13N3OS/c1-9(2)18-14-12-10(6-8-19-12)16-13(17-14)11-5-3-4-7-15-11/h3-9H,1-2H3. The van der Waals surface area contributed by atoms with Crippen molar-refractivity contribution in [1.29, 1.82) is 0 Å². The van der Waals surface area contributed by atoms with Gasteiger partial charge in [0, 0.05) is 6.20 Å². The minimum absolute atomic E-state index is 0.0804. The first kappa shape index (κ1) is 12.0. The average Bonchev–Trinajstić information content (AvgIpc) is 2.87. The van der Waals surface area contributed by atoms with Gasteiger partial charge in [-0.3, -0.25) is 4.98 Å². The van der Waals surface area contributed by atoms with E-state index in [0.29, 0.717) is 11.7 Å². The molecule has 19 heavy (non-hydrogen) atoms. The van der Waals surface area contributed by atoms with E-state index in [1.165, 1.54) is 0 Å². The fourth-order valence-corrected chi connectivity index (χ4v) is 2.51. The minimum Gasteiger partial charge on any atom is -0.474 e. The van der Waals surface area contributed by atoms with Crippen LogP contribution in [0.3, 0.4) is 0 Å². The Hall–Kier alpha value is -2.01. The molecule has 0 fully saturated rings. The monoisotopic (exact) mass is 271 g/mol. The Labute approximate surface area is 115 Å². The Kier molecular flexibility index (Phi) is 3.13. The highest BCUT2D eigenvalue weighted by molar-refractivity contribution is 7.17. The van der Waals surface area contributed by atoms with Gasteiger partial charge in [-0.15, -0.1) is 11.3 Å². The molecule has 0 aliphatic rings. The zero-order valence-corrected chi connectivity index (χ0v) is 11.5. The fraction of sp³-hybridized carbons (Fsp3) is 0.214. The van der Waals surface area contributed by atoms with Gasteiger partial charge in [-0.1, -0.05) is 6.07 Å². The quantitative estimate of drug-likeness (QED) is 0.731. The van der Waals surface area contributed by atoms with Gasteiger partial charge in [0.25, 0.3) is 0 Å². The molecule has 0 bridgehead atoms. The first-order chi connectivity index (χ1) is 9.24. The van der Waals surface area contributed by atoms with Crippen LogP contribution in [-0.4, -0.2) is 21.1 Å². The number of aromatic nitrogens is 3. The normalized spacial score (nSPS) is 11.1. The SMILES string of the molecule is CC(C)Oc1nc(-c2ccccn2)nc2ccsc12. The molecule has 0 amide bonds. The molecule has 0 aliphatic carbocycles. The Bertz CT molecular complexity index is 694. The third kappa shape index (κ3) is 2.42. The Morgan fingerprint density at radius 3 is 2.79 bits per heavy atom. The number of rotatable bonds is 3. The molecule has 0 atom stereocenters. The number of nitrogens with zero attached hydrogens (tertiary/aromatic N) is 3. The van der Waals surface area contributed by atoms with Gasteiger partial charge in [0.15, 0.2) is 5.82 Å². The van der Waals surface area contributed by atoms with E-state index in [1.54, 1.807) is 17.5 Å². The van der Waals surface area contributed by atoms with Gasteiger partial charge in [-0.2, -0.15) is 4.98 Å². The van der Waals surface area contributed by atoms with E-state index in [0.717, 1.165) is 15.9 Å². The molecule has 5 heteroatoms. The second-order valence-electron chi connectivity index (χ2n) is 4.37. The van der Waals surface area contributed by atoms with E-state index in [9.17, 15) is 0 Å². The van der Waals surface area contributed by atoms with Crippen molar-refractivity contribution in [3.05, 3.63) is 35.8 Å². The molecule has 0 radical (unpaired) electrons. The summed E-state index contributed by atoms with van der Waals surface area (Å²) in [6.07, 6.45) is 1.82. The topological polar surface area (TPSA) is 47.9 Å². The maximum absolute atomic E-state index is 5.78. The number of hydrogen-bond donors (Lipinski definition) is 0. The highest BCUT2D eigenvalue weighted by atomic mass is 32.1. The second-order valence-corrected chi connectivity index (χ2v) is 5.29. The van der Waals surface area contributed by atoms with Gasteiger partial charge < -0.3 is 4.74 Å². The number of hydrogen-bond acceptors (Lipinski definition) is 5. The van der Waals surface area contributed by atoms with Crippen LogP contribution in [0, 0.1) is 0 Å². The van der Waals surface area contributed by atoms with E-state index in [-0.39, 0.29) is 6.10 Å². The zero-order valence-electron chi connectivity index (χ0n) is 10.7. The fourth-order valence-electron chi connectivity index (χ4n) is 1.75. The van der Waals surface area contributed by atoms with Crippen LogP contribution in [0.4, 0.5) is 0 Å². The van der Waals surface area contributed by atoms with Crippen LogP contribution >= 0.6 is 11.3 Å². The molecular formula is C14H13N3OS. The molecular weight excluding hydrogens is 258 g/mol. The van der Waals surface area contributed by atoms with Crippen molar-refractivity contribution in [3.8, 4) is 17.4 Å². The van der Waals surface area contributed by atoms with Crippen molar-refractivity contribution in [2.45, 2.75) is 20.0 Å². The first-order valence-electron chi connectivity index (χ1n) is 6.07. The van der Waals surface area contributed by atoms with Gasteiger partial charge in [-0.05, 0) is 37.4 Å². The van der Waals surface area contributed by atoms with Crippen molar-refractivity contribution < 1.29 is 4.74 Å². The van der Waals surface area contributed by atoms with Crippen molar-refractivity contribution in [2.75, 3.05) is 0 Å². The maximum Gasteiger partial charge on any atom is 0.235 e. The van der Waals surface area contributed by atoms with E-state index in [1.807, 2.05) is 43.5 Å². The lowest BCUT2D eigenvalue weighted by Gasteiger charge is -2.10. The lowest BCUT2D eigenvalue weighted by molar-refractivity contribution is 0.236. The van der Waals surface area contributed by atoms with Crippen LogP contribution in [0.5, 0.6) is 5.88 Å². The molecule has 0 spiro atoms. The molecule has 4 nitrogen and oxygen atoms in total. The highest BCUT2D eigenvalue weighted by Crippen LogP contribution is 2.30. The summed E-state index contributed by atoms with van der Waals surface area (Å²) in [4.78, 5) is 13.3. The summed E-state index contributed by atoms with van der Waals surface area (Å²) < 4.78 is 6.76. The minimum atomic E-state index is 0.0804. The summed E-state index contributed by atoms with van der Waals surface area (Å²) in [5.74, 6) is 1.23. The summed E-state index contributed by atoms with van der Waals surface area (Å²) in [7, 11) is 0. The van der Waals surface area contributed by atoms with Gasteiger partial charge in [0.05, 0.1) is 11.6 Å². The molecule has 0 unspecified atom stereocenters. The van der Waals surface area contributed by atoms with Gasteiger partial charge in [0.1, 0.15) is 10.4 Å². The smallest absolute Gasteiger partial charge is 0.235 e. The van der Waals surface area contributed by atoms with Gasteiger partial charge >= 0.3 is 0 Å². The van der Waals surface area contributed by atoms with E-state index >= 15 is 0 Å². The molecule has 96 valence electrons. The van der Waals surface area contributed by atoms with Crippen molar-refractivity contribution >= 4 is 21.6 Å². The van der Waals surface area contributed by atoms with E-state index in [4.69, 9.17) is 4.74 Å². The molecule has 0 aromatic carbocycles. The summed E-state index contributed by atoms with van der Waals surface area (Å²) in [6.45, 7) is 3.98. The van der Waals surface area contributed by atoms with Crippen LogP contribution < -0.4 is 4.74 Å². The predicted molar refractivity (Wildman–Crippen MR) is 76.4 cm³/mol. The number of thiophene rings is 1. The Morgan fingerprint density at radius 2 is 2.05 bits per heavy atom. The summed E-state index contributed by atoms with van der Waals surface area (Å²) >= 11 is 1.59. The summed E-state index contributed by atoms with van der Waals surface area (Å²) in [5, 5.41) is 1.99. The Balaban J connectivity index is 2.16. The number of pyridine rings is 1. The van der Waals surface area contributed by atoms with Crippen molar-refractivity contribution in [3.63, 3.8) is 0 Å². The molecule has 0 saturated heterocycles. The average molecular weight is 271 g/mol. The first-order valence-corrected chi connectivity index (χ1v) is 6.95. The zero-order chi connectivity index (χ0) is 13.2. The molecule has 3 aromatic rings. The lowest BCUT2D eigenvalue weighted by Crippen LogP contribution is -2.08. The summed E-state index contributed by atoms with van der Waals surface area (Å²) in [6, 6.07) is 7.67. The number of fused-ring (bicyclic) bond motifs is 1. The van der Waals surface area contributed by atoms with Crippen molar-refractivity contribution in [2.24, 2.45) is 0 Å². The van der Waals surface area contributed by atoms with Crippen LogP contribution in [-0.2, 0) is 0 Å². The van der Waals surface area contributed by atoms with Crippen LogP contribution in [0.15, 0.2) is 35.8 Å². The third-order valence-electron chi connectivity index (χ3n) is 2.51. The number of ether oxygens (including phenoxy) is 1. The predicted octanol–water partition coefficient (Wildman–Crippen LogP) is 3.54. The van der Waals surface area contributed by atoms with Gasteiger partial charge in [-0.25, -0.2) is 4.98 Å². The molecule has 3 heterocycles. The molecule has 0 aliphatic heterocycles. The van der Waals surface area contributed by atoms with E-state index in [2.05, 4.69) is 15.0 Å². The molecule has 0 saturated carbocycles. The van der Waals surface area contributed by atoms with Crippen LogP contribution in [0.1, 0.15) is 13.8 Å². The Morgan fingerprint density at radius 1 is 1.16 bits per heavy atom. The second kappa shape index (κ2) is 4.93. The van der Waals surface area contributed by atoms with Crippen LogP contribution in [0.25, 0.3) is 21.7 Å². The molecule has 0 N–H and O–H groups in total. The van der Waals surface area contributed by atoms with Crippen molar-refractivity contribution in [1.82, 2.24) is 15.0 Å². The molecule has 3 rings (SSSR count). The lowest BCUT2D eigenvalue weighted by atomic mass is 10.3.